The molecule has 4 heterocycles. The van der Waals surface area contributed by atoms with Crippen molar-refractivity contribution >= 4 is 22.7 Å². The summed E-state index contributed by atoms with van der Waals surface area (Å²) in [5.74, 6) is -2.60. The quantitative estimate of drug-likeness (QED) is 0.457. The minimum atomic E-state index is -1.99. The first-order valence-electron chi connectivity index (χ1n) is 9.98. The number of nitrogens with one attached hydrogen (secondary N) is 2. The number of rotatable bonds is 5. The molecule has 0 saturated carbocycles. The highest BCUT2D eigenvalue weighted by molar-refractivity contribution is 5.90. The normalized spacial score (nSPS) is 21.8. The number of benzene rings is 1. The van der Waals surface area contributed by atoms with Crippen LogP contribution in [0.5, 0.6) is 11.5 Å². The number of ether oxygens (including phenoxy) is 3. The van der Waals surface area contributed by atoms with Crippen molar-refractivity contribution in [2.45, 2.75) is 11.3 Å². The van der Waals surface area contributed by atoms with Crippen molar-refractivity contribution in [2.24, 2.45) is 4.99 Å². The lowest BCUT2D eigenvalue weighted by atomic mass is 9.92. The van der Waals surface area contributed by atoms with E-state index in [2.05, 4.69) is 20.3 Å². The first-order chi connectivity index (χ1) is 15.8. The summed E-state index contributed by atoms with van der Waals surface area (Å²) in [5.41, 5.74) is -2.45. The van der Waals surface area contributed by atoms with Gasteiger partial charge in [0, 0.05) is 35.8 Å². The van der Waals surface area contributed by atoms with Crippen molar-refractivity contribution in [3.8, 4) is 11.5 Å². The predicted molar refractivity (Wildman–Crippen MR) is 110 cm³/mol. The molecule has 1 aromatic carbocycles. The van der Waals surface area contributed by atoms with Crippen molar-refractivity contribution in [1.82, 2.24) is 9.97 Å². The van der Waals surface area contributed by atoms with E-state index in [1.807, 2.05) is 0 Å². The molecule has 0 aliphatic carbocycles. The summed E-state index contributed by atoms with van der Waals surface area (Å²) in [6, 6.07) is 3.24. The van der Waals surface area contributed by atoms with Crippen LogP contribution in [0.25, 0.3) is 11.0 Å². The van der Waals surface area contributed by atoms with Crippen molar-refractivity contribution in [3.05, 3.63) is 47.8 Å². The van der Waals surface area contributed by atoms with Crippen LogP contribution in [0.2, 0.25) is 0 Å². The van der Waals surface area contributed by atoms with Crippen LogP contribution in [0.4, 0.5) is 18.9 Å². The smallest absolute Gasteiger partial charge is 0.289 e. The molecule has 174 valence electrons. The SMILES string of the molecule is OCC1(F)CN=C(Nc2cc(F)c(Oc3ccnc4[nH]cc(C5(O)COC5)c34)c(F)c2)OC1. The molecule has 2 aliphatic heterocycles. The highest BCUT2D eigenvalue weighted by Crippen LogP contribution is 2.40. The third-order valence-corrected chi connectivity index (χ3v) is 5.44. The molecule has 1 saturated heterocycles. The summed E-state index contributed by atoms with van der Waals surface area (Å²) in [5, 5.41) is 22.6. The average Bonchev–Trinajstić information content (AvgIpc) is 3.22. The zero-order chi connectivity index (χ0) is 23.2. The predicted octanol–water partition coefficient (Wildman–Crippen LogP) is 2.35. The monoisotopic (exact) mass is 464 g/mol. The lowest BCUT2D eigenvalue weighted by Crippen LogP contribution is -2.46. The molecule has 1 unspecified atom stereocenters. The molecule has 0 spiro atoms. The second-order valence-electron chi connectivity index (χ2n) is 7.97. The molecular weight excluding hydrogens is 445 g/mol. The lowest BCUT2D eigenvalue weighted by Gasteiger charge is -2.36. The van der Waals surface area contributed by atoms with Gasteiger partial charge in [-0.1, -0.05) is 0 Å². The number of aliphatic imine (C=N–C) groups is 1. The van der Waals surface area contributed by atoms with E-state index in [0.29, 0.717) is 16.6 Å². The molecule has 0 amide bonds. The average molecular weight is 464 g/mol. The van der Waals surface area contributed by atoms with E-state index in [9.17, 15) is 18.3 Å². The van der Waals surface area contributed by atoms with Gasteiger partial charge in [0.1, 0.15) is 23.6 Å². The largest absolute Gasteiger partial charge is 0.461 e. The first kappa shape index (κ1) is 21.5. The fourth-order valence-corrected chi connectivity index (χ4v) is 3.57. The Bertz CT molecular complexity index is 1220. The number of alkyl halides is 1. The van der Waals surface area contributed by atoms with Gasteiger partial charge in [-0.25, -0.2) is 23.1 Å². The van der Waals surface area contributed by atoms with Crippen LogP contribution < -0.4 is 10.1 Å². The minimum Gasteiger partial charge on any atom is -0.461 e. The number of fused-ring (bicyclic) bond motifs is 1. The van der Waals surface area contributed by atoms with Crippen molar-refractivity contribution < 1.29 is 37.6 Å². The Hall–Kier alpha value is -3.35. The molecule has 0 bridgehead atoms. The first-order valence-corrected chi connectivity index (χ1v) is 9.98. The summed E-state index contributed by atoms with van der Waals surface area (Å²) in [4.78, 5) is 10.9. The second kappa shape index (κ2) is 7.90. The summed E-state index contributed by atoms with van der Waals surface area (Å²) in [7, 11) is 0. The standard InChI is InChI=1S/C21H19F3N4O5/c22-13-3-11(28-19-27-6-20(24,7-29)8-32-19)4-14(23)17(13)33-15-1-2-25-18-16(15)12(5-26-18)21(30)9-31-10-21/h1-5,29-30H,6-10H2,(H,25,26)(H,27,28). The summed E-state index contributed by atoms with van der Waals surface area (Å²) in [6.07, 6.45) is 2.96. The van der Waals surface area contributed by atoms with Crippen LogP contribution in [0.3, 0.4) is 0 Å². The number of pyridine rings is 1. The van der Waals surface area contributed by atoms with Crippen LogP contribution in [0.15, 0.2) is 35.6 Å². The zero-order valence-electron chi connectivity index (χ0n) is 17.1. The van der Waals surface area contributed by atoms with Crippen molar-refractivity contribution in [3.63, 3.8) is 0 Å². The van der Waals surface area contributed by atoms with E-state index in [1.165, 1.54) is 12.3 Å². The zero-order valence-corrected chi connectivity index (χ0v) is 17.1. The highest BCUT2D eigenvalue weighted by atomic mass is 19.1. The van der Waals surface area contributed by atoms with Crippen LogP contribution in [0, 0.1) is 11.6 Å². The molecule has 2 aromatic heterocycles. The number of amidine groups is 1. The Morgan fingerprint density at radius 3 is 2.58 bits per heavy atom. The molecular formula is C21H19F3N4O5. The molecule has 12 heteroatoms. The Balaban J connectivity index is 1.41. The number of halogens is 3. The Morgan fingerprint density at radius 2 is 1.97 bits per heavy atom. The van der Waals surface area contributed by atoms with E-state index in [-0.39, 0.29) is 37.2 Å². The number of H-pyrrole nitrogens is 1. The molecule has 3 aromatic rings. The Morgan fingerprint density at radius 1 is 1.21 bits per heavy atom. The van der Waals surface area contributed by atoms with E-state index in [0.717, 1.165) is 12.1 Å². The Kier molecular flexibility index (Phi) is 5.15. The number of aromatic nitrogens is 2. The fourth-order valence-electron chi connectivity index (χ4n) is 3.57. The van der Waals surface area contributed by atoms with Gasteiger partial charge in [-0.2, -0.15) is 0 Å². The summed E-state index contributed by atoms with van der Waals surface area (Å²) >= 11 is 0. The van der Waals surface area contributed by atoms with E-state index < -0.39 is 41.9 Å². The van der Waals surface area contributed by atoms with Gasteiger partial charge in [0.2, 0.25) is 0 Å². The van der Waals surface area contributed by atoms with Crippen LogP contribution in [0.1, 0.15) is 5.56 Å². The molecule has 33 heavy (non-hydrogen) atoms. The van der Waals surface area contributed by atoms with Crippen LogP contribution >= 0.6 is 0 Å². The van der Waals surface area contributed by atoms with E-state index in [1.54, 1.807) is 6.20 Å². The summed E-state index contributed by atoms with van der Waals surface area (Å²) < 4.78 is 59.3. The highest BCUT2D eigenvalue weighted by Gasteiger charge is 2.41. The van der Waals surface area contributed by atoms with Gasteiger partial charge in [0.05, 0.1) is 31.8 Å². The van der Waals surface area contributed by atoms with Gasteiger partial charge in [-0.05, 0) is 6.07 Å². The van der Waals surface area contributed by atoms with E-state index >= 15 is 0 Å². The maximum Gasteiger partial charge on any atom is 0.289 e. The van der Waals surface area contributed by atoms with Gasteiger partial charge in [-0.3, -0.25) is 0 Å². The summed E-state index contributed by atoms with van der Waals surface area (Å²) in [6.45, 7) is -1.41. The minimum absolute atomic E-state index is 0.0328. The van der Waals surface area contributed by atoms with Gasteiger partial charge in [0.25, 0.3) is 6.02 Å². The third kappa shape index (κ3) is 3.86. The van der Waals surface area contributed by atoms with Gasteiger partial charge in [0.15, 0.2) is 23.1 Å². The molecule has 9 nitrogen and oxygen atoms in total. The topological polar surface area (TPSA) is 121 Å². The maximum atomic E-state index is 14.8. The number of nitrogens with zero attached hydrogens (tertiary/aromatic N) is 2. The van der Waals surface area contributed by atoms with Crippen LogP contribution in [-0.2, 0) is 15.1 Å². The third-order valence-electron chi connectivity index (χ3n) is 5.44. The number of aliphatic hydroxyl groups excluding tert-OH is 1. The maximum absolute atomic E-state index is 14.8. The molecule has 4 N–H and O–H groups in total. The van der Waals surface area contributed by atoms with Gasteiger partial charge < -0.3 is 34.7 Å². The fraction of sp³-hybridized carbons (Fsp3) is 0.333. The second-order valence-corrected chi connectivity index (χ2v) is 7.97. The number of anilines is 1. The van der Waals surface area contributed by atoms with Gasteiger partial charge >= 0.3 is 0 Å². The number of hydrogen-bond acceptors (Lipinski definition) is 8. The van der Waals surface area contributed by atoms with Gasteiger partial charge in [-0.15, -0.1) is 0 Å². The molecule has 0 radical (unpaired) electrons. The molecule has 5 rings (SSSR count). The molecule has 2 aliphatic rings. The number of aliphatic hydroxyl groups is 2. The lowest BCUT2D eigenvalue weighted by molar-refractivity contribution is -0.183. The molecule has 1 fully saturated rings. The van der Waals surface area contributed by atoms with E-state index in [4.69, 9.17) is 19.3 Å². The van der Waals surface area contributed by atoms with Crippen molar-refractivity contribution in [2.75, 3.05) is 38.3 Å². The van der Waals surface area contributed by atoms with Crippen LogP contribution in [-0.4, -0.2) is 64.8 Å². The van der Waals surface area contributed by atoms with Crippen molar-refractivity contribution in [1.29, 1.82) is 0 Å². The number of aromatic amines is 1. The number of hydrogen-bond donors (Lipinski definition) is 4. The Labute approximate surface area is 184 Å². The molecule has 1 atom stereocenters.